The second-order valence-electron chi connectivity index (χ2n) is 4.24. The van der Waals surface area contributed by atoms with Crippen molar-refractivity contribution in [3.63, 3.8) is 0 Å². The van der Waals surface area contributed by atoms with Crippen LogP contribution in [0, 0.1) is 12.7 Å². The maximum atomic E-state index is 13.7. The van der Waals surface area contributed by atoms with E-state index in [0.717, 1.165) is 15.9 Å². The Morgan fingerprint density at radius 2 is 2.25 bits per heavy atom. The lowest BCUT2D eigenvalue weighted by Gasteiger charge is -2.11. The lowest BCUT2D eigenvalue weighted by molar-refractivity contribution is 0.292. The summed E-state index contributed by atoms with van der Waals surface area (Å²) in [6.45, 7) is 2.12. The molecule has 0 aliphatic carbocycles. The van der Waals surface area contributed by atoms with Gasteiger partial charge in [-0.25, -0.2) is 4.39 Å². The molecular formula is C13H13BrFN3OS. The topological polar surface area (TPSA) is 53.1 Å². The van der Waals surface area contributed by atoms with Crippen LogP contribution in [-0.4, -0.2) is 14.8 Å². The number of thiocarbonyl (C=S) groups is 1. The molecule has 4 nitrogen and oxygen atoms in total. The van der Waals surface area contributed by atoms with Gasteiger partial charge in [0.1, 0.15) is 23.2 Å². The van der Waals surface area contributed by atoms with Gasteiger partial charge in [0.2, 0.25) is 0 Å². The van der Waals surface area contributed by atoms with E-state index in [-0.39, 0.29) is 17.2 Å². The number of halogens is 2. The minimum atomic E-state index is -0.491. The Kier molecular flexibility index (Phi) is 4.39. The van der Waals surface area contributed by atoms with Crippen LogP contribution < -0.4 is 10.5 Å². The van der Waals surface area contributed by atoms with Gasteiger partial charge in [-0.3, -0.25) is 4.68 Å². The molecule has 1 aromatic heterocycles. The second kappa shape index (κ2) is 5.88. The predicted molar refractivity (Wildman–Crippen MR) is 82.3 cm³/mol. The fraction of sp³-hybridized carbons (Fsp3) is 0.231. The van der Waals surface area contributed by atoms with Crippen LogP contribution >= 0.6 is 28.1 Å². The van der Waals surface area contributed by atoms with Gasteiger partial charge in [-0.15, -0.1) is 0 Å². The van der Waals surface area contributed by atoms with E-state index in [0.29, 0.717) is 5.75 Å². The molecule has 1 aromatic carbocycles. The van der Waals surface area contributed by atoms with Crippen molar-refractivity contribution in [3.8, 4) is 5.75 Å². The average Bonchev–Trinajstić information content (AvgIpc) is 2.61. The monoisotopic (exact) mass is 357 g/mol. The molecule has 0 unspecified atom stereocenters. The summed E-state index contributed by atoms with van der Waals surface area (Å²) < 4.78 is 21.9. The van der Waals surface area contributed by atoms with Gasteiger partial charge >= 0.3 is 0 Å². The van der Waals surface area contributed by atoms with E-state index in [4.69, 9.17) is 22.7 Å². The van der Waals surface area contributed by atoms with Crippen molar-refractivity contribution < 1.29 is 9.13 Å². The summed E-state index contributed by atoms with van der Waals surface area (Å²) in [6, 6.07) is 4.48. The van der Waals surface area contributed by atoms with Crippen molar-refractivity contribution in [2.75, 3.05) is 0 Å². The second-order valence-corrected chi connectivity index (χ2v) is 5.47. The molecule has 0 atom stereocenters. The molecule has 106 valence electrons. The van der Waals surface area contributed by atoms with Crippen LogP contribution in [0.1, 0.15) is 17.0 Å². The predicted octanol–water partition coefficient (Wildman–Crippen LogP) is 2.84. The highest BCUT2D eigenvalue weighted by Gasteiger charge is 2.15. The van der Waals surface area contributed by atoms with Gasteiger partial charge in [-0.1, -0.05) is 18.3 Å². The zero-order valence-corrected chi connectivity index (χ0v) is 13.4. The summed E-state index contributed by atoms with van der Waals surface area (Å²) in [4.78, 5) is -0.0293. The molecule has 2 aromatic rings. The Balaban J connectivity index is 2.28. The maximum absolute atomic E-state index is 13.7. The molecule has 1 heterocycles. The Morgan fingerprint density at radius 1 is 1.55 bits per heavy atom. The summed E-state index contributed by atoms with van der Waals surface area (Å²) in [5, 5.41) is 4.26. The molecule has 0 fully saturated rings. The van der Waals surface area contributed by atoms with E-state index in [1.807, 2.05) is 14.0 Å². The molecule has 7 heteroatoms. The van der Waals surface area contributed by atoms with Crippen molar-refractivity contribution in [2.24, 2.45) is 12.8 Å². The average molecular weight is 358 g/mol. The quantitative estimate of drug-likeness (QED) is 0.854. The summed E-state index contributed by atoms with van der Waals surface area (Å²) >= 11 is 8.30. The number of rotatable bonds is 4. The number of benzene rings is 1. The Hall–Kier alpha value is -1.47. The third-order valence-electron chi connectivity index (χ3n) is 2.85. The third-order valence-corrected chi connectivity index (χ3v) is 4.08. The molecule has 0 saturated carbocycles. The van der Waals surface area contributed by atoms with Crippen molar-refractivity contribution >= 4 is 33.1 Å². The van der Waals surface area contributed by atoms with Crippen LogP contribution in [0.15, 0.2) is 22.7 Å². The summed E-state index contributed by atoms with van der Waals surface area (Å²) in [5.74, 6) is -0.168. The zero-order chi connectivity index (χ0) is 14.9. The highest BCUT2D eigenvalue weighted by atomic mass is 79.9. The number of nitrogens with zero attached hydrogens (tertiary/aromatic N) is 2. The van der Waals surface area contributed by atoms with Gasteiger partial charge in [0.05, 0.1) is 21.4 Å². The first-order valence-electron chi connectivity index (χ1n) is 5.81. The van der Waals surface area contributed by atoms with Crippen molar-refractivity contribution in [1.29, 1.82) is 0 Å². The Bertz CT molecular complexity index is 672. The lowest BCUT2D eigenvalue weighted by Crippen LogP contribution is -2.14. The third kappa shape index (κ3) is 2.83. The number of hydrogen-bond acceptors (Lipinski definition) is 3. The van der Waals surface area contributed by atoms with Crippen molar-refractivity contribution in [1.82, 2.24) is 9.78 Å². The van der Waals surface area contributed by atoms with E-state index in [2.05, 4.69) is 21.0 Å². The molecule has 0 amide bonds. The number of ether oxygens (including phenoxy) is 1. The molecule has 0 spiro atoms. The normalized spacial score (nSPS) is 10.6. The highest BCUT2D eigenvalue weighted by molar-refractivity contribution is 9.10. The minimum Gasteiger partial charge on any atom is -0.486 e. The smallest absolute Gasteiger partial charge is 0.137 e. The molecule has 0 radical (unpaired) electrons. The van der Waals surface area contributed by atoms with Crippen LogP contribution in [0.25, 0.3) is 0 Å². The van der Waals surface area contributed by atoms with Gasteiger partial charge in [-0.05, 0) is 35.0 Å². The SMILES string of the molecule is Cc1nn(C)c(COc2cccc(F)c2C(N)=S)c1Br. The lowest BCUT2D eigenvalue weighted by atomic mass is 10.2. The van der Waals surface area contributed by atoms with E-state index in [1.165, 1.54) is 6.07 Å². The fourth-order valence-electron chi connectivity index (χ4n) is 1.85. The maximum Gasteiger partial charge on any atom is 0.137 e. The standard InChI is InChI=1S/C13H13BrFN3OS/c1-7-12(14)9(18(2)17-7)6-19-10-5-3-4-8(15)11(10)13(16)20/h3-5H,6H2,1-2H3,(H2,16,20). The van der Waals surface area contributed by atoms with E-state index >= 15 is 0 Å². The van der Waals surface area contributed by atoms with Crippen LogP contribution in [-0.2, 0) is 13.7 Å². The minimum absolute atomic E-state index is 0.0293. The zero-order valence-electron chi connectivity index (χ0n) is 11.0. The largest absolute Gasteiger partial charge is 0.486 e. The first-order chi connectivity index (χ1) is 9.41. The molecule has 0 aliphatic rings. The van der Waals surface area contributed by atoms with Crippen LogP contribution in [0.5, 0.6) is 5.75 Å². The summed E-state index contributed by atoms with van der Waals surface area (Å²) in [7, 11) is 1.82. The highest BCUT2D eigenvalue weighted by Crippen LogP contribution is 2.25. The molecule has 0 aliphatic heterocycles. The van der Waals surface area contributed by atoms with Crippen LogP contribution in [0.4, 0.5) is 4.39 Å². The number of hydrogen-bond donors (Lipinski definition) is 1. The first-order valence-corrected chi connectivity index (χ1v) is 7.01. The van der Waals surface area contributed by atoms with Crippen LogP contribution in [0.2, 0.25) is 0 Å². The fourth-order valence-corrected chi connectivity index (χ4v) is 2.50. The molecule has 0 saturated heterocycles. The van der Waals surface area contributed by atoms with E-state index < -0.39 is 5.82 Å². The van der Waals surface area contributed by atoms with Gasteiger partial charge in [0.15, 0.2) is 0 Å². The van der Waals surface area contributed by atoms with Gasteiger partial charge in [-0.2, -0.15) is 5.10 Å². The Morgan fingerprint density at radius 3 is 2.80 bits per heavy atom. The number of aryl methyl sites for hydroxylation is 2. The molecule has 2 rings (SSSR count). The summed E-state index contributed by atoms with van der Waals surface area (Å²) in [5.41, 5.74) is 7.36. The molecular weight excluding hydrogens is 345 g/mol. The van der Waals surface area contributed by atoms with Crippen molar-refractivity contribution in [2.45, 2.75) is 13.5 Å². The molecule has 20 heavy (non-hydrogen) atoms. The Labute approximate surface area is 129 Å². The number of nitrogens with two attached hydrogens (primary N) is 1. The summed E-state index contributed by atoms with van der Waals surface area (Å²) in [6.07, 6.45) is 0. The van der Waals surface area contributed by atoms with E-state index in [1.54, 1.807) is 16.8 Å². The van der Waals surface area contributed by atoms with Gasteiger partial charge < -0.3 is 10.5 Å². The van der Waals surface area contributed by atoms with Crippen molar-refractivity contribution in [3.05, 3.63) is 45.4 Å². The first kappa shape index (κ1) is 14.9. The van der Waals surface area contributed by atoms with Crippen LogP contribution in [0.3, 0.4) is 0 Å². The van der Waals surface area contributed by atoms with Gasteiger partial charge in [0, 0.05) is 7.05 Å². The number of aromatic nitrogens is 2. The molecule has 0 bridgehead atoms. The molecule has 2 N–H and O–H groups in total. The van der Waals surface area contributed by atoms with E-state index in [9.17, 15) is 4.39 Å². The van der Waals surface area contributed by atoms with Gasteiger partial charge in [0.25, 0.3) is 0 Å².